The van der Waals surface area contributed by atoms with Gasteiger partial charge in [0.15, 0.2) is 5.82 Å². The second-order valence-electron chi connectivity index (χ2n) is 11.5. The highest BCUT2D eigenvalue weighted by Crippen LogP contribution is 2.51. The van der Waals surface area contributed by atoms with E-state index < -0.39 is 0 Å². The van der Waals surface area contributed by atoms with Crippen LogP contribution in [0.4, 0.5) is 0 Å². The van der Waals surface area contributed by atoms with Gasteiger partial charge in [-0.15, -0.1) is 11.3 Å². The number of aromatic nitrogens is 3. The molecule has 0 atom stereocenters. The van der Waals surface area contributed by atoms with Gasteiger partial charge in [0.25, 0.3) is 0 Å². The van der Waals surface area contributed by atoms with E-state index in [4.69, 9.17) is 9.97 Å². The first-order chi connectivity index (χ1) is 20.1. The van der Waals surface area contributed by atoms with Crippen molar-refractivity contribution in [2.45, 2.75) is 19.3 Å². The summed E-state index contributed by atoms with van der Waals surface area (Å²) in [6.45, 7) is 4.72. The van der Waals surface area contributed by atoms with Crippen molar-refractivity contribution in [1.29, 1.82) is 0 Å². The Balaban J connectivity index is 1.35. The van der Waals surface area contributed by atoms with Gasteiger partial charge in [-0.3, -0.25) is 0 Å². The van der Waals surface area contributed by atoms with Crippen molar-refractivity contribution in [3.63, 3.8) is 0 Å². The lowest BCUT2D eigenvalue weighted by Gasteiger charge is -2.35. The van der Waals surface area contributed by atoms with E-state index in [2.05, 4.69) is 109 Å². The zero-order valence-corrected chi connectivity index (χ0v) is 23.5. The van der Waals surface area contributed by atoms with Crippen LogP contribution in [0.3, 0.4) is 0 Å². The van der Waals surface area contributed by atoms with Gasteiger partial charge in [-0.05, 0) is 35.4 Å². The lowest BCUT2D eigenvalue weighted by molar-refractivity contribution is 0.630. The van der Waals surface area contributed by atoms with Gasteiger partial charge in [-0.25, -0.2) is 9.97 Å². The molecule has 8 aromatic rings. The molecule has 1 aliphatic heterocycles. The molecule has 1 aliphatic rings. The van der Waals surface area contributed by atoms with E-state index in [1.165, 1.54) is 48.0 Å². The fourth-order valence-corrected chi connectivity index (χ4v) is 8.05. The van der Waals surface area contributed by atoms with Gasteiger partial charge in [0.05, 0.1) is 22.4 Å². The maximum absolute atomic E-state index is 5.17. The quantitative estimate of drug-likeness (QED) is 0.217. The van der Waals surface area contributed by atoms with E-state index >= 15 is 0 Å². The van der Waals surface area contributed by atoms with Gasteiger partial charge in [0.1, 0.15) is 4.83 Å². The topological polar surface area (TPSA) is 30.7 Å². The van der Waals surface area contributed by atoms with Crippen molar-refractivity contribution in [2.24, 2.45) is 0 Å². The standard InChI is InChI=1S/C37H25N3S/c1-37(2)27-16-10-15-26-32-25-14-7-9-18-31(25)41-36(32)40(34(26)27)30-20-19-23(21-28(30)37)33-24-13-6-8-17-29(24)38-35(39-33)22-11-4-3-5-12-22/h3-21H,1-2H3. The molecule has 0 bridgehead atoms. The van der Waals surface area contributed by atoms with E-state index in [-0.39, 0.29) is 5.41 Å². The number of thiophene rings is 1. The normalized spacial score (nSPS) is 13.8. The Bertz CT molecular complexity index is 2340. The van der Waals surface area contributed by atoms with Crippen molar-refractivity contribution in [3.05, 3.63) is 126 Å². The second kappa shape index (κ2) is 8.12. The summed E-state index contributed by atoms with van der Waals surface area (Å²) >= 11 is 1.89. The molecule has 0 saturated heterocycles. The molecule has 3 nitrogen and oxygen atoms in total. The number of benzene rings is 5. The monoisotopic (exact) mass is 543 g/mol. The molecule has 194 valence electrons. The van der Waals surface area contributed by atoms with Gasteiger partial charge in [-0.2, -0.15) is 0 Å². The van der Waals surface area contributed by atoms with Crippen molar-refractivity contribution >= 4 is 53.4 Å². The highest BCUT2D eigenvalue weighted by Gasteiger charge is 2.36. The molecule has 4 heterocycles. The smallest absolute Gasteiger partial charge is 0.160 e. The van der Waals surface area contributed by atoms with Crippen LogP contribution < -0.4 is 0 Å². The summed E-state index contributed by atoms with van der Waals surface area (Å²) in [6, 6.07) is 41.2. The molecule has 0 aliphatic carbocycles. The van der Waals surface area contributed by atoms with Crippen LogP contribution in [-0.4, -0.2) is 14.5 Å². The van der Waals surface area contributed by atoms with Crippen LogP contribution in [0.1, 0.15) is 25.0 Å². The van der Waals surface area contributed by atoms with Crippen LogP contribution in [0, 0.1) is 0 Å². The minimum atomic E-state index is -0.178. The Hall–Kier alpha value is -4.80. The predicted octanol–water partition coefficient (Wildman–Crippen LogP) is 9.91. The first kappa shape index (κ1) is 23.0. The van der Waals surface area contributed by atoms with Gasteiger partial charge in [0.2, 0.25) is 0 Å². The van der Waals surface area contributed by atoms with Gasteiger partial charge >= 0.3 is 0 Å². The number of para-hydroxylation sites is 2. The Morgan fingerprint density at radius 3 is 2.27 bits per heavy atom. The predicted molar refractivity (Wildman–Crippen MR) is 172 cm³/mol. The van der Waals surface area contributed by atoms with Crippen molar-refractivity contribution in [1.82, 2.24) is 14.5 Å². The van der Waals surface area contributed by atoms with Crippen molar-refractivity contribution < 1.29 is 0 Å². The molecule has 9 rings (SSSR count). The molecule has 0 radical (unpaired) electrons. The van der Waals surface area contributed by atoms with E-state index in [1.54, 1.807) is 0 Å². The molecule has 0 N–H and O–H groups in total. The molecule has 5 aromatic carbocycles. The van der Waals surface area contributed by atoms with Crippen molar-refractivity contribution in [3.8, 4) is 28.3 Å². The summed E-state index contributed by atoms with van der Waals surface area (Å²) in [7, 11) is 0. The van der Waals surface area contributed by atoms with Crippen LogP contribution in [-0.2, 0) is 5.41 Å². The van der Waals surface area contributed by atoms with Gasteiger partial charge in [-0.1, -0.05) is 105 Å². The summed E-state index contributed by atoms with van der Waals surface area (Å²) in [5.74, 6) is 0.751. The first-order valence-electron chi connectivity index (χ1n) is 14.0. The van der Waals surface area contributed by atoms with Crippen LogP contribution in [0.5, 0.6) is 0 Å². The third kappa shape index (κ3) is 3.08. The molecular formula is C37H25N3S. The number of rotatable bonds is 2. The molecule has 0 saturated carbocycles. The van der Waals surface area contributed by atoms with Gasteiger partial charge < -0.3 is 4.57 Å². The lowest BCUT2D eigenvalue weighted by Crippen LogP contribution is -2.26. The summed E-state index contributed by atoms with van der Waals surface area (Å²) < 4.78 is 3.85. The highest BCUT2D eigenvalue weighted by atomic mass is 32.1. The molecule has 0 amide bonds. The number of fused-ring (bicyclic) bond motifs is 8. The Kier molecular flexibility index (Phi) is 4.55. The minimum absolute atomic E-state index is 0.178. The largest absolute Gasteiger partial charge is 0.300 e. The summed E-state index contributed by atoms with van der Waals surface area (Å²) in [6.07, 6.45) is 0. The third-order valence-electron chi connectivity index (χ3n) is 8.80. The Labute approximate surface area is 241 Å². The Morgan fingerprint density at radius 2 is 1.39 bits per heavy atom. The fraction of sp³-hybridized carbons (Fsp3) is 0.0811. The summed E-state index contributed by atoms with van der Waals surface area (Å²) in [4.78, 5) is 11.4. The molecule has 0 fully saturated rings. The average molecular weight is 544 g/mol. The van der Waals surface area contributed by atoms with Crippen LogP contribution >= 0.6 is 11.3 Å². The number of hydrogen-bond acceptors (Lipinski definition) is 3. The minimum Gasteiger partial charge on any atom is -0.300 e. The Morgan fingerprint density at radius 1 is 0.634 bits per heavy atom. The third-order valence-corrected chi connectivity index (χ3v) is 9.96. The molecular weight excluding hydrogens is 518 g/mol. The maximum Gasteiger partial charge on any atom is 0.160 e. The summed E-state index contributed by atoms with van der Waals surface area (Å²) in [5, 5.41) is 5.11. The lowest BCUT2D eigenvalue weighted by atomic mass is 9.74. The zero-order chi connectivity index (χ0) is 27.3. The second-order valence-corrected chi connectivity index (χ2v) is 12.5. The zero-order valence-electron chi connectivity index (χ0n) is 22.7. The number of nitrogens with zero attached hydrogens (tertiary/aromatic N) is 3. The average Bonchev–Trinajstić information content (AvgIpc) is 3.55. The number of hydrogen-bond donors (Lipinski definition) is 0. The van der Waals surface area contributed by atoms with Crippen molar-refractivity contribution in [2.75, 3.05) is 0 Å². The van der Waals surface area contributed by atoms with Gasteiger partial charge in [0, 0.05) is 42.8 Å². The van der Waals surface area contributed by atoms with E-state index in [9.17, 15) is 0 Å². The molecule has 41 heavy (non-hydrogen) atoms. The van der Waals surface area contributed by atoms with E-state index in [1.807, 2.05) is 35.6 Å². The molecule has 0 spiro atoms. The summed E-state index contributed by atoms with van der Waals surface area (Å²) in [5.41, 5.74) is 9.15. The highest BCUT2D eigenvalue weighted by molar-refractivity contribution is 7.25. The first-order valence-corrected chi connectivity index (χ1v) is 14.8. The molecule has 0 unspecified atom stereocenters. The van der Waals surface area contributed by atoms with E-state index in [0.717, 1.165) is 33.5 Å². The fourth-order valence-electron chi connectivity index (χ4n) is 6.81. The van der Waals surface area contributed by atoms with E-state index in [0.29, 0.717) is 0 Å². The molecule has 3 aromatic heterocycles. The SMILES string of the molecule is CC1(C)c2cc(-c3nc(-c4ccccc4)nc4ccccc34)ccc2-n2c3sc4ccccc4c3c3cccc1c32. The molecule has 4 heteroatoms. The van der Waals surface area contributed by atoms with Crippen LogP contribution in [0.15, 0.2) is 115 Å². The van der Waals surface area contributed by atoms with Crippen LogP contribution in [0.2, 0.25) is 0 Å². The van der Waals surface area contributed by atoms with Crippen LogP contribution in [0.25, 0.3) is 70.4 Å². The maximum atomic E-state index is 5.17.